The molecule has 5 nitrogen and oxygen atoms in total. The van der Waals surface area contributed by atoms with Crippen LogP contribution in [0.4, 0.5) is 0 Å². The van der Waals surface area contributed by atoms with E-state index >= 15 is 0 Å². The summed E-state index contributed by atoms with van der Waals surface area (Å²) in [7, 11) is 3.53. The van der Waals surface area contributed by atoms with E-state index in [-0.39, 0.29) is 11.9 Å². The number of allylic oxidation sites excluding steroid dienone is 3. The summed E-state index contributed by atoms with van der Waals surface area (Å²) in [4.78, 5) is 16.5. The molecule has 0 aliphatic carbocycles. The molecule has 2 aromatic rings. The molecule has 0 spiro atoms. The van der Waals surface area contributed by atoms with E-state index in [1.165, 1.54) is 6.08 Å². The van der Waals surface area contributed by atoms with E-state index in [0.717, 1.165) is 17.1 Å². The van der Waals surface area contributed by atoms with E-state index < -0.39 is 0 Å². The van der Waals surface area contributed by atoms with Gasteiger partial charge in [-0.25, -0.2) is 4.98 Å². The fraction of sp³-hybridized carbons (Fsp3) is 0.222. The van der Waals surface area contributed by atoms with Gasteiger partial charge in [0.1, 0.15) is 17.6 Å². The van der Waals surface area contributed by atoms with Crippen LogP contribution in [0, 0.1) is 0 Å². The minimum absolute atomic E-state index is 0.174. The summed E-state index contributed by atoms with van der Waals surface area (Å²) in [5.74, 6) is 1.36. The van der Waals surface area contributed by atoms with Gasteiger partial charge in [-0.2, -0.15) is 0 Å². The third kappa shape index (κ3) is 4.32. The lowest BCUT2D eigenvalue weighted by Crippen LogP contribution is -2.29. The van der Waals surface area contributed by atoms with Gasteiger partial charge in [0.15, 0.2) is 0 Å². The number of nitrogens with zero attached hydrogens (tertiary/aromatic N) is 2. The lowest BCUT2D eigenvalue weighted by Gasteiger charge is -2.18. The van der Waals surface area contributed by atoms with Gasteiger partial charge in [0, 0.05) is 25.5 Å². The largest absolute Gasteiger partial charge is 0.497 e. The van der Waals surface area contributed by atoms with Crippen molar-refractivity contribution in [3.63, 3.8) is 0 Å². The van der Waals surface area contributed by atoms with Crippen molar-refractivity contribution in [2.75, 3.05) is 7.11 Å². The first-order valence-corrected chi connectivity index (χ1v) is 7.36. The van der Waals surface area contributed by atoms with E-state index in [2.05, 4.69) is 10.3 Å². The van der Waals surface area contributed by atoms with Crippen molar-refractivity contribution in [3.05, 3.63) is 72.4 Å². The highest BCUT2D eigenvalue weighted by Gasteiger charge is 2.19. The quantitative estimate of drug-likeness (QED) is 0.659. The first-order valence-electron chi connectivity index (χ1n) is 7.36. The van der Waals surface area contributed by atoms with Crippen LogP contribution in [-0.4, -0.2) is 22.6 Å². The number of carbonyl (C=O) groups is 1. The van der Waals surface area contributed by atoms with Crippen molar-refractivity contribution in [2.45, 2.75) is 13.0 Å². The van der Waals surface area contributed by atoms with Gasteiger partial charge in [0.25, 0.3) is 0 Å². The van der Waals surface area contributed by atoms with Gasteiger partial charge >= 0.3 is 0 Å². The van der Waals surface area contributed by atoms with Crippen LogP contribution in [0.3, 0.4) is 0 Å². The summed E-state index contributed by atoms with van der Waals surface area (Å²) in [6, 6.07) is 7.26. The number of aryl methyl sites for hydroxylation is 1. The number of methoxy groups -OCH3 is 1. The highest BCUT2D eigenvalue weighted by Crippen LogP contribution is 2.22. The Morgan fingerprint density at radius 2 is 2.04 bits per heavy atom. The first kappa shape index (κ1) is 16.5. The van der Waals surface area contributed by atoms with Gasteiger partial charge in [-0.15, -0.1) is 0 Å². The molecule has 0 saturated carbocycles. The molecule has 0 saturated heterocycles. The molecule has 23 heavy (non-hydrogen) atoms. The molecular formula is C18H21N3O2. The zero-order valence-corrected chi connectivity index (χ0v) is 13.6. The molecule has 1 aromatic carbocycles. The molecule has 1 N–H and O–H groups in total. The smallest absolute Gasteiger partial charge is 0.244 e. The molecule has 2 rings (SSSR count). The van der Waals surface area contributed by atoms with Crippen molar-refractivity contribution < 1.29 is 9.53 Å². The Morgan fingerprint density at radius 1 is 1.30 bits per heavy atom. The van der Waals surface area contributed by atoms with Crippen LogP contribution in [0.25, 0.3) is 0 Å². The van der Waals surface area contributed by atoms with Crippen molar-refractivity contribution in [1.82, 2.24) is 14.9 Å². The Hall–Kier alpha value is -2.82. The zero-order chi connectivity index (χ0) is 16.7. The second-order valence-electron chi connectivity index (χ2n) is 5.00. The van der Waals surface area contributed by atoms with Crippen molar-refractivity contribution >= 4 is 5.91 Å². The van der Waals surface area contributed by atoms with E-state index in [0.29, 0.717) is 0 Å². The fourth-order valence-electron chi connectivity index (χ4n) is 2.19. The molecule has 120 valence electrons. The standard InChI is InChI=1S/C18H21N3O2/c1-4-5-6-7-16(22)20-17(18-19-12-13-21(18)2)14-8-10-15(23-3)11-9-14/h4-13,17H,1-3H3,(H,20,22)/b5-4+,7-6+. The summed E-state index contributed by atoms with van der Waals surface area (Å²) in [5, 5.41) is 2.99. The molecule has 0 aliphatic heterocycles. The molecule has 1 unspecified atom stereocenters. The van der Waals surface area contributed by atoms with Crippen LogP contribution in [0.15, 0.2) is 61.0 Å². The van der Waals surface area contributed by atoms with Crippen LogP contribution in [0.1, 0.15) is 24.4 Å². The number of rotatable bonds is 6. The summed E-state index contributed by atoms with van der Waals surface area (Å²) >= 11 is 0. The van der Waals surface area contributed by atoms with Crippen molar-refractivity contribution in [1.29, 1.82) is 0 Å². The zero-order valence-electron chi connectivity index (χ0n) is 13.6. The number of hydrogen-bond donors (Lipinski definition) is 1. The van der Waals surface area contributed by atoms with E-state index in [1.54, 1.807) is 19.4 Å². The van der Waals surface area contributed by atoms with E-state index in [4.69, 9.17) is 4.74 Å². The predicted molar refractivity (Wildman–Crippen MR) is 90.1 cm³/mol. The molecule has 0 bridgehead atoms. The van der Waals surface area contributed by atoms with Gasteiger partial charge in [-0.3, -0.25) is 4.79 Å². The second-order valence-corrected chi connectivity index (χ2v) is 5.00. The number of aromatic nitrogens is 2. The number of nitrogens with one attached hydrogen (secondary N) is 1. The van der Waals surface area contributed by atoms with Crippen molar-refractivity contribution in [3.8, 4) is 5.75 Å². The van der Waals surface area contributed by atoms with Crippen LogP contribution in [-0.2, 0) is 11.8 Å². The lowest BCUT2D eigenvalue weighted by molar-refractivity contribution is -0.117. The number of amides is 1. The van der Waals surface area contributed by atoms with E-state index in [9.17, 15) is 4.79 Å². The maximum Gasteiger partial charge on any atom is 0.244 e. The second kappa shape index (κ2) is 7.98. The van der Waals surface area contributed by atoms with Gasteiger partial charge < -0.3 is 14.6 Å². The van der Waals surface area contributed by atoms with Crippen molar-refractivity contribution in [2.24, 2.45) is 7.05 Å². The normalized spacial score (nSPS) is 12.7. The number of hydrogen-bond acceptors (Lipinski definition) is 3. The topological polar surface area (TPSA) is 56.1 Å². The third-order valence-corrected chi connectivity index (χ3v) is 3.40. The highest BCUT2D eigenvalue weighted by molar-refractivity contribution is 5.88. The Bertz CT molecular complexity index is 699. The third-order valence-electron chi connectivity index (χ3n) is 3.40. The van der Waals surface area contributed by atoms with E-state index in [1.807, 2.05) is 61.2 Å². The Morgan fingerprint density at radius 3 is 2.61 bits per heavy atom. The van der Waals surface area contributed by atoms with Gasteiger partial charge in [0.05, 0.1) is 7.11 Å². The van der Waals surface area contributed by atoms with Crippen LogP contribution in [0.2, 0.25) is 0 Å². The van der Waals surface area contributed by atoms with Gasteiger partial charge in [-0.05, 0) is 24.6 Å². The number of benzene rings is 1. The van der Waals surface area contributed by atoms with Gasteiger partial charge in [-0.1, -0.05) is 30.4 Å². The van der Waals surface area contributed by atoms with Crippen LogP contribution < -0.4 is 10.1 Å². The molecule has 0 radical (unpaired) electrons. The Labute approximate surface area is 136 Å². The minimum atomic E-state index is -0.330. The number of ether oxygens (including phenoxy) is 1. The molecule has 1 heterocycles. The van der Waals surface area contributed by atoms with Crippen LogP contribution >= 0.6 is 0 Å². The molecule has 1 amide bonds. The van der Waals surface area contributed by atoms with Gasteiger partial charge in [0.2, 0.25) is 5.91 Å². The predicted octanol–water partition coefficient (Wildman–Crippen LogP) is 2.77. The molecule has 1 atom stereocenters. The first-order chi connectivity index (χ1) is 11.2. The lowest BCUT2D eigenvalue weighted by atomic mass is 10.1. The Balaban J connectivity index is 2.28. The molecule has 0 aliphatic rings. The highest BCUT2D eigenvalue weighted by atomic mass is 16.5. The van der Waals surface area contributed by atoms with Crippen LogP contribution in [0.5, 0.6) is 5.75 Å². The molecule has 5 heteroatoms. The number of imidazole rings is 1. The summed E-state index contributed by atoms with van der Waals surface area (Å²) in [5.41, 5.74) is 0.938. The molecule has 0 fully saturated rings. The number of carbonyl (C=O) groups excluding carboxylic acids is 1. The average Bonchev–Trinajstić information content (AvgIpc) is 2.99. The monoisotopic (exact) mass is 311 g/mol. The fourth-order valence-corrected chi connectivity index (χ4v) is 2.19. The summed E-state index contributed by atoms with van der Waals surface area (Å²) < 4.78 is 7.08. The summed E-state index contributed by atoms with van der Waals surface area (Å²) in [6.45, 7) is 1.90. The minimum Gasteiger partial charge on any atom is -0.497 e. The molecular weight excluding hydrogens is 290 g/mol. The Kier molecular flexibility index (Phi) is 5.74. The average molecular weight is 311 g/mol. The maximum absolute atomic E-state index is 12.1. The summed E-state index contributed by atoms with van der Waals surface area (Å²) in [6.07, 6.45) is 10.5. The molecule has 1 aromatic heterocycles. The maximum atomic E-state index is 12.1. The SMILES string of the molecule is C/C=C/C=C/C(=O)NC(c1ccc(OC)cc1)c1nccn1C.